The highest BCUT2D eigenvalue weighted by atomic mass is 32.1. The number of aromatic nitrogens is 3. The first-order chi connectivity index (χ1) is 16.8. The largest absolute Gasteiger partial charge is 0.443 e. The van der Waals surface area contributed by atoms with Crippen LogP contribution in [-0.2, 0) is 6.18 Å². The standard InChI is InChI=1S/C24H21F3N6OS/c1-32-6-8-33(9-7-32)21-5-4-17(13-29-21)22(34)31-20-11-18-10-15(2-3-16(18)12-28-20)19-14-30-23(35-19)24(25,26)27/h2-5,10-14H,6-9H2,1H3,(H,28,31,34). The fraction of sp³-hybridized carbons (Fsp3) is 0.250. The van der Waals surface area contributed by atoms with E-state index in [1.165, 1.54) is 6.20 Å². The first-order valence-electron chi connectivity index (χ1n) is 10.9. The Morgan fingerprint density at radius 3 is 2.43 bits per heavy atom. The maximum atomic E-state index is 12.9. The number of nitrogens with one attached hydrogen (secondary N) is 1. The van der Waals surface area contributed by atoms with Crippen molar-refractivity contribution >= 4 is 39.7 Å². The molecule has 7 nitrogen and oxygen atoms in total. The van der Waals surface area contributed by atoms with Crippen molar-refractivity contribution in [3.63, 3.8) is 0 Å². The molecule has 1 aliphatic rings. The van der Waals surface area contributed by atoms with E-state index in [2.05, 4.69) is 37.1 Å². The van der Waals surface area contributed by atoms with E-state index in [4.69, 9.17) is 0 Å². The lowest BCUT2D eigenvalue weighted by Gasteiger charge is -2.33. The molecule has 1 N–H and O–H groups in total. The van der Waals surface area contributed by atoms with Gasteiger partial charge in [0.2, 0.25) is 0 Å². The summed E-state index contributed by atoms with van der Waals surface area (Å²) in [6.07, 6.45) is -0.0997. The zero-order valence-corrected chi connectivity index (χ0v) is 19.5. The third kappa shape index (κ3) is 5.10. The molecule has 0 bridgehead atoms. The van der Waals surface area contributed by atoms with Crippen LogP contribution in [0.3, 0.4) is 0 Å². The second-order valence-corrected chi connectivity index (χ2v) is 9.34. The number of likely N-dealkylation sites (N-methyl/N-ethyl adjacent to an activating group) is 1. The van der Waals surface area contributed by atoms with Gasteiger partial charge in [0.25, 0.3) is 5.91 Å². The van der Waals surface area contributed by atoms with Gasteiger partial charge >= 0.3 is 6.18 Å². The number of rotatable bonds is 4. The van der Waals surface area contributed by atoms with E-state index >= 15 is 0 Å². The van der Waals surface area contributed by atoms with Gasteiger partial charge in [0.05, 0.1) is 10.4 Å². The number of halogens is 3. The summed E-state index contributed by atoms with van der Waals surface area (Å²) in [5.74, 6) is 0.827. The smallest absolute Gasteiger partial charge is 0.354 e. The normalized spacial score (nSPS) is 14.9. The Balaban J connectivity index is 1.31. The number of hydrogen-bond donors (Lipinski definition) is 1. The van der Waals surface area contributed by atoms with E-state index in [1.54, 1.807) is 42.7 Å². The average Bonchev–Trinajstić information content (AvgIpc) is 3.35. The van der Waals surface area contributed by atoms with E-state index in [0.29, 0.717) is 33.2 Å². The van der Waals surface area contributed by atoms with Crippen LogP contribution in [0, 0.1) is 0 Å². The highest BCUT2D eigenvalue weighted by Gasteiger charge is 2.34. The monoisotopic (exact) mass is 498 g/mol. The van der Waals surface area contributed by atoms with Crippen LogP contribution < -0.4 is 10.2 Å². The first kappa shape index (κ1) is 23.2. The van der Waals surface area contributed by atoms with Crippen LogP contribution in [-0.4, -0.2) is 59.0 Å². The molecule has 5 rings (SSSR count). The van der Waals surface area contributed by atoms with Crippen LogP contribution in [0.25, 0.3) is 21.2 Å². The average molecular weight is 499 g/mol. The van der Waals surface area contributed by atoms with E-state index in [9.17, 15) is 18.0 Å². The van der Waals surface area contributed by atoms with Gasteiger partial charge in [0, 0.05) is 50.2 Å². The molecule has 1 saturated heterocycles. The van der Waals surface area contributed by atoms with Crippen LogP contribution in [0.5, 0.6) is 0 Å². The SMILES string of the molecule is CN1CCN(c2ccc(C(=O)Nc3cc4cc(-c5cnc(C(F)(F)F)s5)ccc4cn3)cn2)CC1. The summed E-state index contributed by atoms with van der Waals surface area (Å²) >= 11 is 0.591. The molecule has 1 fully saturated rings. The molecular weight excluding hydrogens is 477 g/mol. The van der Waals surface area contributed by atoms with Crippen molar-refractivity contribution in [3.05, 3.63) is 65.6 Å². The molecule has 1 amide bonds. The van der Waals surface area contributed by atoms with Gasteiger partial charge in [-0.05, 0) is 42.3 Å². The van der Waals surface area contributed by atoms with Crippen LogP contribution in [0.4, 0.5) is 24.8 Å². The third-order valence-electron chi connectivity index (χ3n) is 5.83. The quantitative estimate of drug-likeness (QED) is 0.437. The zero-order valence-electron chi connectivity index (χ0n) is 18.7. The predicted molar refractivity (Wildman–Crippen MR) is 130 cm³/mol. The van der Waals surface area contributed by atoms with Crippen LogP contribution in [0.1, 0.15) is 15.4 Å². The van der Waals surface area contributed by atoms with Gasteiger partial charge in [-0.25, -0.2) is 15.0 Å². The predicted octanol–water partition coefficient (Wildman–Crippen LogP) is 4.78. The van der Waals surface area contributed by atoms with Gasteiger partial charge in [0.1, 0.15) is 11.6 Å². The molecule has 0 radical (unpaired) electrons. The highest BCUT2D eigenvalue weighted by Crippen LogP contribution is 2.37. The molecule has 0 spiro atoms. The summed E-state index contributed by atoms with van der Waals surface area (Å²) in [5, 5.41) is 3.41. The Bertz CT molecular complexity index is 1360. The summed E-state index contributed by atoms with van der Waals surface area (Å²) in [6, 6.07) is 10.5. The summed E-state index contributed by atoms with van der Waals surface area (Å²) < 4.78 is 38.7. The molecule has 0 atom stereocenters. The Morgan fingerprint density at radius 2 is 1.74 bits per heavy atom. The maximum absolute atomic E-state index is 12.9. The number of amides is 1. The molecule has 180 valence electrons. The van der Waals surface area contributed by atoms with Crippen LogP contribution >= 0.6 is 11.3 Å². The maximum Gasteiger partial charge on any atom is 0.443 e. The summed E-state index contributed by atoms with van der Waals surface area (Å²) in [4.78, 5) is 29.8. The number of thiazole rings is 1. The van der Waals surface area contributed by atoms with Crippen molar-refractivity contribution in [2.45, 2.75) is 6.18 Å². The fourth-order valence-corrected chi connectivity index (χ4v) is 4.61. The van der Waals surface area contributed by atoms with Gasteiger partial charge in [-0.1, -0.05) is 12.1 Å². The summed E-state index contributed by atoms with van der Waals surface area (Å²) in [7, 11) is 2.09. The van der Waals surface area contributed by atoms with Gasteiger partial charge < -0.3 is 15.1 Å². The van der Waals surface area contributed by atoms with Crippen molar-refractivity contribution in [1.29, 1.82) is 0 Å². The Hall–Kier alpha value is -3.57. The number of anilines is 2. The van der Waals surface area contributed by atoms with Crippen molar-refractivity contribution in [1.82, 2.24) is 19.9 Å². The number of hydrogen-bond acceptors (Lipinski definition) is 7. The summed E-state index contributed by atoms with van der Waals surface area (Å²) in [6.45, 7) is 3.70. The van der Waals surface area contributed by atoms with Crippen LogP contribution in [0.2, 0.25) is 0 Å². The number of benzene rings is 1. The Kier molecular flexibility index (Phi) is 6.12. The van der Waals surface area contributed by atoms with Gasteiger partial charge in [-0.3, -0.25) is 4.79 Å². The Morgan fingerprint density at radius 1 is 0.943 bits per heavy atom. The van der Waals surface area contributed by atoms with Crippen molar-refractivity contribution in [2.24, 2.45) is 0 Å². The van der Waals surface area contributed by atoms with E-state index in [0.717, 1.165) is 42.8 Å². The number of nitrogens with zero attached hydrogens (tertiary/aromatic N) is 5. The molecule has 0 unspecified atom stereocenters. The molecule has 0 saturated carbocycles. The van der Waals surface area contributed by atoms with Crippen LogP contribution in [0.15, 0.2) is 55.0 Å². The number of pyridine rings is 2. The lowest BCUT2D eigenvalue weighted by atomic mass is 10.1. The molecule has 4 heterocycles. The molecule has 1 aliphatic heterocycles. The minimum atomic E-state index is -4.47. The number of carbonyl (C=O) groups is 1. The molecule has 4 aromatic rings. The first-order valence-corrected chi connectivity index (χ1v) is 11.7. The van der Waals surface area contributed by atoms with Gasteiger partial charge in [-0.15, -0.1) is 11.3 Å². The highest BCUT2D eigenvalue weighted by molar-refractivity contribution is 7.15. The van der Waals surface area contributed by atoms with E-state index in [1.807, 2.05) is 6.07 Å². The topological polar surface area (TPSA) is 74.2 Å². The fourth-order valence-electron chi connectivity index (χ4n) is 3.83. The van der Waals surface area contributed by atoms with E-state index in [-0.39, 0.29) is 5.91 Å². The molecule has 11 heteroatoms. The summed E-state index contributed by atoms with van der Waals surface area (Å²) in [5.41, 5.74) is 1.01. The molecule has 35 heavy (non-hydrogen) atoms. The van der Waals surface area contributed by atoms with Gasteiger partial charge in [0.15, 0.2) is 5.01 Å². The molecule has 3 aromatic heterocycles. The minimum Gasteiger partial charge on any atom is -0.354 e. The molecule has 0 aliphatic carbocycles. The number of fused-ring (bicyclic) bond motifs is 1. The lowest BCUT2D eigenvalue weighted by Crippen LogP contribution is -2.44. The number of carbonyl (C=O) groups excluding carboxylic acids is 1. The minimum absolute atomic E-state index is 0.336. The second kappa shape index (κ2) is 9.23. The van der Waals surface area contributed by atoms with Crippen molar-refractivity contribution < 1.29 is 18.0 Å². The Labute approximate surface area is 203 Å². The molecular formula is C24H21F3N6OS. The van der Waals surface area contributed by atoms with E-state index < -0.39 is 11.2 Å². The number of alkyl halides is 3. The number of piperazine rings is 1. The third-order valence-corrected chi connectivity index (χ3v) is 6.92. The zero-order chi connectivity index (χ0) is 24.6. The lowest BCUT2D eigenvalue weighted by molar-refractivity contribution is -0.137. The van der Waals surface area contributed by atoms with Gasteiger partial charge in [-0.2, -0.15) is 13.2 Å². The second-order valence-electron chi connectivity index (χ2n) is 8.31. The van der Waals surface area contributed by atoms with Crippen molar-refractivity contribution in [2.75, 3.05) is 43.4 Å². The molecule has 1 aromatic carbocycles. The van der Waals surface area contributed by atoms with Crippen molar-refractivity contribution in [3.8, 4) is 10.4 Å².